The Labute approximate surface area is 216 Å². The van der Waals surface area contributed by atoms with Crippen LogP contribution in [-0.4, -0.2) is 18.9 Å². The molecule has 0 heterocycles. The predicted octanol–water partition coefficient (Wildman–Crippen LogP) is 9.35. The lowest BCUT2D eigenvalue weighted by Crippen LogP contribution is -2.51. The summed E-state index contributed by atoms with van der Waals surface area (Å²) in [4.78, 5) is 12.1. The van der Waals surface area contributed by atoms with Gasteiger partial charge in [0.15, 0.2) is 0 Å². The highest BCUT2D eigenvalue weighted by molar-refractivity contribution is 5.60. The summed E-state index contributed by atoms with van der Waals surface area (Å²) in [5.41, 5.74) is 2.43. The molecule has 3 heteroatoms. The van der Waals surface area contributed by atoms with E-state index in [4.69, 9.17) is 9.47 Å². The molecule has 0 aromatic rings. The van der Waals surface area contributed by atoms with Crippen molar-refractivity contribution in [1.29, 1.82) is 0 Å². The van der Waals surface area contributed by atoms with E-state index < -0.39 is 6.16 Å². The SMILES string of the molecule is CCCCOC(=O)O[C@H]1CC[C@@]2(C)C(=CCC3C2CC[C@@]2(C)C3CC[C@@H]2C(C)CCCC(C)C)C1. The monoisotopic (exact) mass is 486 g/mol. The van der Waals surface area contributed by atoms with Crippen LogP contribution in [0.15, 0.2) is 11.6 Å². The average Bonchev–Trinajstić information content (AvgIpc) is 3.16. The summed E-state index contributed by atoms with van der Waals surface area (Å²) in [5.74, 6) is 5.19. The number of carbonyl (C=O) groups is 1. The highest BCUT2D eigenvalue weighted by Gasteiger charge is 2.59. The predicted molar refractivity (Wildman–Crippen MR) is 144 cm³/mol. The fourth-order valence-corrected chi connectivity index (χ4v) is 9.22. The second-order valence-corrected chi connectivity index (χ2v) is 13.7. The van der Waals surface area contributed by atoms with E-state index in [1.54, 1.807) is 5.57 Å². The molecule has 3 saturated carbocycles. The number of fused-ring (bicyclic) bond motifs is 5. The normalized spacial score (nSPS) is 39.3. The summed E-state index contributed by atoms with van der Waals surface area (Å²) in [7, 11) is 0. The zero-order valence-electron chi connectivity index (χ0n) is 23.7. The molecule has 0 saturated heterocycles. The van der Waals surface area contributed by atoms with Gasteiger partial charge in [-0.15, -0.1) is 0 Å². The van der Waals surface area contributed by atoms with Crippen LogP contribution in [0.2, 0.25) is 0 Å². The molecule has 0 aromatic heterocycles. The van der Waals surface area contributed by atoms with Crippen LogP contribution < -0.4 is 0 Å². The van der Waals surface area contributed by atoms with Gasteiger partial charge >= 0.3 is 6.16 Å². The lowest BCUT2D eigenvalue weighted by atomic mass is 9.47. The second-order valence-electron chi connectivity index (χ2n) is 13.7. The third-order valence-electron chi connectivity index (χ3n) is 11.2. The van der Waals surface area contributed by atoms with Crippen LogP contribution in [0.4, 0.5) is 4.79 Å². The molecule has 0 N–H and O–H groups in total. The van der Waals surface area contributed by atoms with Crippen molar-refractivity contribution in [2.75, 3.05) is 6.61 Å². The van der Waals surface area contributed by atoms with Gasteiger partial charge in [-0.1, -0.05) is 78.9 Å². The Hall–Kier alpha value is -0.990. The summed E-state index contributed by atoms with van der Waals surface area (Å²) >= 11 is 0. The number of rotatable bonds is 9. The number of hydrogen-bond donors (Lipinski definition) is 0. The Balaban J connectivity index is 1.39. The van der Waals surface area contributed by atoms with Crippen molar-refractivity contribution in [3.05, 3.63) is 11.6 Å². The fraction of sp³-hybridized carbons (Fsp3) is 0.906. The molecule has 4 rings (SSSR count). The van der Waals surface area contributed by atoms with Crippen LogP contribution in [0.5, 0.6) is 0 Å². The van der Waals surface area contributed by atoms with E-state index in [-0.39, 0.29) is 6.10 Å². The van der Waals surface area contributed by atoms with Crippen molar-refractivity contribution in [3.63, 3.8) is 0 Å². The van der Waals surface area contributed by atoms with Gasteiger partial charge in [0, 0.05) is 6.42 Å². The molecule has 4 aliphatic rings. The molecule has 3 fully saturated rings. The first-order chi connectivity index (χ1) is 16.7. The summed E-state index contributed by atoms with van der Waals surface area (Å²) in [5, 5.41) is 0. The van der Waals surface area contributed by atoms with Crippen molar-refractivity contribution in [1.82, 2.24) is 0 Å². The minimum atomic E-state index is -0.464. The topological polar surface area (TPSA) is 35.5 Å². The first-order valence-electron chi connectivity index (χ1n) is 15.2. The summed E-state index contributed by atoms with van der Waals surface area (Å²) in [6.07, 6.45) is 18.3. The summed E-state index contributed by atoms with van der Waals surface area (Å²) in [6.45, 7) is 15.1. The zero-order valence-corrected chi connectivity index (χ0v) is 23.7. The smallest absolute Gasteiger partial charge is 0.434 e. The van der Waals surface area contributed by atoms with Crippen molar-refractivity contribution >= 4 is 6.16 Å². The molecular formula is C32H54O3. The van der Waals surface area contributed by atoms with Crippen LogP contribution in [0.1, 0.15) is 125 Å². The molecule has 35 heavy (non-hydrogen) atoms. The third kappa shape index (κ3) is 5.49. The number of carbonyl (C=O) groups excluding carboxylic acids is 1. The highest BCUT2D eigenvalue weighted by atomic mass is 16.7. The van der Waals surface area contributed by atoms with Crippen molar-refractivity contribution < 1.29 is 14.3 Å². The van der Waals surface area contributed by atoms with E-state index in [9.17, 15) is 4.79 Å². The Morgan fingerprint density at radius 1 is 1.03 bits per heavy atom. The van der Waals surface area contributed by atoms with Crippen molar-refractivity contribution in [2.45, 2.75) is 131 Å². The quantitative estimate of drug-likeness (QED) is 0.185. The van der Waals surface area contributed by atoms with E-state index in [0.29, 0.717) is 17.4 Å². The maximum Gasteiger partial charge on any atom is 0.508 e. The van der Waals surface area contributed by atoms with Gasteiger partial charge in [-0.25, -0.2) is 4.79 Å². The largest absolute Gasteiger partial charge is 0.508 e. The van der Waals surface area contributed by atoms with Crippen molar-refractivity contribution in [2.24, 2.45) is 46.3 Å². The molecule has 3 nitrogen and oxygen atoms in total. The molecule has 4 aliphatic carbocycles. The Kier molecular flexibility index (Phi) is 8.64. The lowest BCUT2D eigenvalue weighted by Gasteiger charge is -2.58. The first kappa shape index (κ1) is 27.1. The van der Waals surface area contributed by atoms with Crippen LogP contribution in [-0.2, 0) is 9.47 Å². The zero-order chi connectivity index (χ0) is 25.2. The Morgan fingerprint density at radius 3 is 2.57 bits per heavy atom. The maximum absolute atomic E-state index is 12.1. The van der Waals surface area contributed by atoms with Gasteiger partial charge in [-0.2, -0.15) is 0 Å². The number of ether oxygens (including phenoxy) is 2. The molecule has 4 unspecified atom stereocenters. The van der Waals surface area contributed by atoms with Gasteiger partial charge in [0.1, 0.15) is 6.10 Å². The molecule has 0 amide bonds. The minimum Gasteiger partial charge on any atom is -0.434 e. The van der Waals surface area contributed by atoms with Crippen LogP contribution in [0.3, 0.4) is 0 Å². The number of allylic oxidation sites excluding steroid dienone is 1. The highest BCUT2D eigenvalue weighted by Crippen LogP contribution is 2.67. The second kappa shape index (κ2) is 11.2. The van der Waals surface area contributed by atoms with Crippen LogP contribution >= 0.6 is 0 Å². The van der Waals surface area contributed by atoms with Gasteiger partial charge in [-0.3, -0.25) is 0 Å². The maximum atomic E-state index is 12.1. The molecule has 0 spiro atoms. The molecule has 0 radical (unpaired) electrons. The summed E-state index contributed by atoms with van der Waals surface area (Å²) in [6, 6.07) is 0. The van der Waals surface area contributed by atoms with Gasteiger partial charge in [0.05, 0.1) is 6.61 Å². The Morgan fingerprint density at radius 2 is 1.83 bits per heavy atom. The van der Waals surface area contributed by atoms with Crippen LogP contribution in [0.25, 0.3) is 0 Å². The number of unbranched alkanes of at least 4 members (excludes halogenated alkanes) is 1. The van der Waals surface area contributed by atoms with E-state index >= 15 is 0 Å². The third-order valence-corrected chi connectivity index (χ3v) is 11.2. The van der Waals surface area contributed by atoms with Crippen molar-refractivity contribution in [3.8, 4) is 0 Å². The standard InChI is InChI=1S/C32H54O3/c1-7-8-20-34-30(33)35-25-16-18-31(5)24(21-25)12-13-26-28-15-14-27(23(4)11-9-10-22(2)3)32(28,6)19-17-29(26)31/h12,22-23,25-29H,7-11,13-21H2,1-6H3/t23?,25-,26?,27+,28?,29?,31-,32+/m0/s1. The van der Waals surface area contributed by atoms with Crippen LogP contribution in [0, 0.1) is 46.3 Å². The van der Waals surface area contributed by atoms with E-state index in [0.717, 1.165) is 67.6 Å². The molecule has 200 valence electrons. The van der Waals surface area contributed by atoms with Gasteiger partial charge in [0.2, 0.25) is 0 Å². The first-order valence-corrected chi connectivity index (χ1v) is 15.2. The molecule has 0 aromatic carbocycles. The average molecular weight is 487 g/mol. The summed E-state index contributed by atoms with van der Waals surface area (Å²) < 4.78 is 11.0. The lowest BCUT2D eigenvalue weighted by molar-refractivity contribution is -0.0617. The molecule has 8 atom stereocenters. The molecule has 0 aliphatic heterocycles. The fourth-order valence-electron chi connectivity index (χ4n) is 9.22. The minimum absolute atomic E-state index is 0.00333. The Bertz CT molecular complexity index is 756. The van der Waals surface area contributed by atoms with E-state index in [1.807, 2.05) is 0 Å². The number of hydrogen-bond acceptors (Lipinski definition) is 3. The van der Waals surface area contributed by atoms with E-state index in [2.05, 4.69) is 47.6 Å². The van der Waals surface area contributed by atoms with Gasteiger partial charge in [0.25, 0.3) is 0 Å². The van der Waals surface area contributed by atoms with E-state index in [1.165, 1.54) is 51.4 Å². The van der Waals surface area contributed by atoms with Gasteiger partial charge < -0.3 is 9.47 Å². The molecule has 0 bridgehead atoms. The van der Waals surface area contributed by atoms with Gasteiger partial charge in [-0.05, 0) is 97.7 Å². The molecular weight excluding hydrogens is 432 g/mol.